The van der Waals surface area contributed by atoms with Gasteiger partial charge in [0.05, 0.1) is 0 Å². The van der Waals surface area contributed by atoms with Crippen LogP contribution in [0.1, 0.15) is 12.8 Å². The van der Waals surface area contributed by atoms with Gasteiger partial charge in [-0.05, 0) is 12.8 Å². The van der Waals surface area contributed by atoms with E-state index < -0.39 is 5.95 Å². The molecular weight excluding hydrogens is 203 g/mol. The maximum absolute atomic E-state index is 12.7. The van der Waals surface area contributed by atoms with Crippen LogP contribution in [0.25, 0.3) is 0 Å². The van der Waals surface area contributed by atoms with Gasteiger partial charge in [-0.1, -0.05) is 0 Å². The van der Waals surface area contributed by atoms with Gasteiger partial charge in [-0.25, -0.2) is 9.97 Å². The highest BCUT2D eigenvalue weighted by molar-refractivity contribution is 7.99. The number of aromatic nitrogens is 2. The van der Waals surface area contributed by atoms with Crippen molar-refractivity contribution >= 4 is 11.8 Å². The molecule has 0 unspecified atom stereocenters. The molecule has 1 aliphatic heterocycles. The maximum Gasteiger partial charge on any atom is 0.217 e. The zero-order valence-corrected chi connectivity index (χ0v) is 8.47. The molecule has 0 atom stereocenters. The smallest absolute Gasteiger partial charge is 0.217 e. The number of nitrogens with zero attached hydrogens (tertiary/aromatic N) is 2. The molecule has 0 aliphatic carbocycles. The summed E-state index contributed by atoms with van der Waals surface area (Å²) in [5, 5.41) is 1.21. The molecule has 0 N–H and O–H groups in total. The fourth-order valence-corrected chi connectivity index (χ4v) is 2.39. The molecule has 2 heterocycles. The number of hydrogen-bond donors (Lipinski definition) is 0. The normalized spacial score (nSPS) is 18.4. The second-order valence-electron chi connectivity index (χ2n) is 3.11. The maximum atomic E-state index is 12.7. The van der Waals surface area contributed by atoms with Crippen molar-refractivity contribution in [3.05, 3.63) is 18.3 Å². The first-order valence-corrected chi connectivity index (χ1v) is 5.44. The standard InChI is InChI=1S/C9H11FN2OS/c10-8-5-9(12-6-11-8)14-7-1-3-13-4-2-7/h5-7H,1-4H2. The van der Waals surface area contributed by atoms with Crippen molar-refractivity contribution in [1.29, 1.82) is 0 Å². The van der Waals surface area contributed by atoms with E-state index in [0.29, 0.717) is 10.3 Å². The van der Waals surface area contributed by atoms with Crippen LogP contribution in [0.4, 0.5) is 4.39 Å². The van der Waals surface area contributed by atoms with Crippen LogP contribution in [-0.2, 0) is 4.74 Å². The summed E-state index contributed by atoms with van der Waals surface area (Å²) in [4.78, 5) is 7.42. The lowest BCUT2D eigenvalue weighted by Gasteiger charge is -2.20. The summed E-state index contributed by atoms with van der Waals surface area (Å²) in [6, 6.07) is 1.38. The summed E-state index contributed by atoms with van der Waals surface area (Å²) in [7, 11) is 0. The van der Waals surface area contributed by atoms with Crippen molar-refractivity contribution in [3.63, 3.8) is 0 Å². The van der Waals surface area contributed by atoms with Gasteiger partial charge in [0.25, 0.3) is 0 Å². The zero-order valence-electron chi connectivity index (χ0n) is 7.65. The average Bonchev–Trinajstić information content (AvgIpc) is 2.19. The third kappa shape index (κ3) is 2.65. The summed E-state index contributed by atoms with van der Waals surface area (Å²) >= 11 is 1.61. The largest absolute Gasteiger partial charge is 0.381 e. The molecule has 0 bridgehead atoms. The van der Waals surface area contributed by atoms with E-state index in [1.165, 1.54) is 12.4 Å². The van der Waals surface area contributed by atoms with Gasteiger partial charge in [-0.3, -0.25) is 0 Å². The van der Waals surface area contributed by atoms with Gasteiger partial charge in [0.2, 0.25) is 5.95 Å². The van der Waals surface area contributed by atoms with Gasteiger partial charge in [0.1, 0.15) is 11.4 Å². The monoisotopic (exact) mass is 214 g/mol. The Kier molecular flexibility index (Phi) is 3.31. The van der Waals surface area contributed by atoms with Crippen LogP contribution in [0.2, 0.25) is 0 Å². The van der Waals surface area contributed by atoms with Crippen LogP contribution >= 0.6 is 11.8 Å². The molecule has 0 saturated carbocycles. The predicted molar refractivity (Wildman–Crippen MR) is 51.7 cm³/mol. The Morgan fingerprint density at radius 2 is 2.14 bits per heavy atom. The van der Waals surface area contributed by atoms with Crippen molar-refractivity contribution < 1.29 is 9.13 Å². The molecule has 0 radical (unpaired) electrons. The topological polar surface area (TPSA) is 35.0 Å². The molecule has 0 aromatic carbocycles. The lowest BCUT2D eigenvalue weighted by atomic mass is 10.2. The van der Waals surface area contributed by atoms with Crippen LogP contribution < -0.4 is 0 Å². The molecule has 1 saturated heterocycles. The second kappa shape index (κ2) is 4.70. The highest BCUT2D eigenvalue weighted by Crippen LogP contribution is 2.27. The first kappa shape index (κ1) is 9.86. The summed E-state index contributed by atoms with van der Waals surface area (Å²) in [5.74, 6) is -0.463. The van der Waals surface area contributed by atoms with E-state index in [1.54, 1.807) is 11.8 Å². The van der Waals surface area contributed by atoms with Crippen molar-refractivity contribution in [2.24, 2.45) is 0 Å². The van der Waals surface area contributed by atoms with Gasteiger partial charge >= 0.3 is 0 Å². The van der Waals surface area contributed by atoms with Gasteiger partial charge < -0.3 is 4.74 Å². The third-order valence-electron chi connectivity index (χ3n) is 2.06. The van der Waals surface area contributed by atoms with Crippen LogP contribution in [-0.4, -0.2) is 28.4 Å². The van der Waals surface area contributed by atoms with E-state index in [1.807, 2.05) is 0 Å². The van der Waals surface area contributed by atoms with Crippen LogP contribution in [0.3, 0.4) is 0 Å². The molecule has 1 aliphatic rings. The van der Waals surface area contributed by atoms with Crippen LogP contribution in [0.15, 0.2) is 17.4 Å². The number of thioether (sulfide) groups is 1. The second-order valence-corrected chi connectivity index (χ2v) is 4.43. The Bertz CT molecular complexity index is 305. The Morgan fingerprint density at radius 1 is 1.36 bits per heavy atom. The van der Waals surface area contributed by atoms with E-state index in [-0.39, 0.29) is 0 Å². The minimum Gasteiger partial charge on any atom is -0.381 e. The minimum atomic E-state index is -0.463. The molecule has 1 aromatic heterocycles. The van der Waals surface area contributed by atoms with E-state index in [0.717, 1.165) is 26.1 Å². The van der Waals surface area contributed by atoms with Crippen LogP contribution in [0.5, 0.6) is 0 Å². The molecule has 0 spiro atoms. The van der Waals surface area contributed by atoms with Gasteiger partial charge in [0, 0.05) is 24.5 Å². The van der Waals surface area contributed by atoms with Gasteiger partial charge in [-0.15, -0.1) is 11.8 Å². The molecular formula is C9H11FN2OS. The number of halogens is 1. The van der Waals surface area contributed by atoms with E-state index >= 15 is 0 Å². The number of hydrogen-bond acceptors (Lipinski definition) is 4. The quantitative estimate of drug-likeness (QED) is 0.704. The van der Waals surface area contributed by atoms with E-state index in [2.05, 4.69) is 9.97 Å². The minimum absolute atomic E-state index is 0.463. The molecule has 14 heavy (non-hydrogen) atoms. The first-order valence-electron chi connectivity index (χ1n) is 4.56. The first-order chi connectivity index (χ1) is 6.84. The SMILES string of the molecule is Fc1cc(SC2CCOCC2)ncn1. The predicted octanol–water partition coefficient (Wildman–Crippen LogP) is 1.89. The third-order valence-corrected chi connectivity index (χ3v) is 3.33. The van der Waals surface area contributed by atoms with Crippen molar-refractivity contribution in [2.45, 2.75) is 23.1 Å². The summed E-state index contributed by atoms with van der Waals surface area (Å²) in [5.41, 5.74) is 0. The molecule has 1 fully saturated rings. The Morgan fingerprint density at radius 3 is 2.86 bits per heavy atom. The molecule has 5 heteroatoms. The fourth-order valence-electron chi connectivity index (χ4n) is 1.35. The van der Waals surface area contributed by atoms with Gasteiger partial charge in [-0.2, -0.15) is 4.39 Å². The summed E-state index contributed by atoms with van der Waals surface area (Å²) in [6.45, 7) is 1.59. The molecule has 76 valence electrons. The molecule has 3 nitrogen and oxygen atoms in total. The molecule has 2 rings (SSSR count). The van der Waals surface area contributed by atoms with Crippen LogP contribution in [0, 0.1) is 5.95 Å². The highest BCUT2D eigenvalue weighted by atomic mass is 32.2. The van der Waals surface area contributed by atoms with Gasteiger partial charge in [0.15, 0.2) is 0 Å². The van der Waals surface area contributed by atoms with E-state index in [4.69, 9.17) is 4.74 Å². The van der Waals surface area contributed by atoms with Crippen molar-refractivity contribution in [1.82, 2.24) is 9.97 Å². The molecule has 0 amide bonds. The summed E-state index contributed by atoms with van der Waals surface area (Å²) < 4.78 is 18.0. The van der Waals surface area contributed by atoms with E-state index in [9.17, 15) is 4.39 Å². The Hall–Kier alpha value is -0.680. The fraction of sp³-hybridized carbons (Fsp3) is 0.556. The Balaban J connectivity index is 1.95. The average molecular weight is 214 g/mol. The van der Waals surface area contributed by atoms with Crippen molar-refractivity contribution in [3.8, 4) is 0 Å². The lowest BCUT2D eigenvalue weighted by Crippen LogP contribution is -2.17. The van der Waals surface area contributed by atoms with Crippen molar-refractivity contribution in [2.75, 3.05) is 13.2 Å². The summed E-state index contributed by atoms with van der Waals surface area (Å²) in [6.07, 6.45) is 3.28. The zero-order chi connectivity index (χ0) is 9.80. The number of rotatable bonds is 2. The highest BCUT2D eigenvalue weighted by Gasteiger charge is 2.15. The number of ether oxygens (including phenoxy) is 1. The Labute approximate surface area is 86.1 Å². The lowest BCUT2D eigenvalue weighted by molar-refractivity contribution is 0.1000. The molecule has 1 aromatic rings.